The van der Waals surface area contributed by atoms with Crippen molar-refractivity contribution in [2.45, 2.75) is 19.6 Å². The maximum Gasteiger partial charge on any atom is 0.271 e. The fourth-order valence-corrected chi connectivity index (χ4v) is 8.00. The molecule has 0 atom stereocenters. The predicted octanol–water partition coefficient (Wildman–Crippen LogP) is 4.61. The fourth-order valence-electron chi connectivity index (χ4n) is 6.24. The van der Waals surface area contributed by atoms with Gasteiger partial charge in [0.15, 0.2) is 0 Å². The maximum absolute atomic E-state index is 14.0. The summed E-state index contributed by atoms with van der Waals surface area (Å²) in [7, 11) is 0. The van der Waals surface area contributed by atoms with E-state index in [1.165, 1.54) is 23.5 Å². The molecule has 0 aliphatic heterocycles. The number of nitrogens with one attached hydrogen (secondary N) is 2. The van der Waals surface area contributed by atoms with E-state index in [-0.39, 0.29) is 22.3 Å². The molecule has 0 spiro atoms. The van der Waals surface area contributed by atoms with Crippen LogP contribution in [0.2, 0.25) is 0 Å². The van der Waals surface area contributed by atoms with Crippen LogP contribution < -0.4 is 33.0 Å². The van der Waals surface area contributed by atoms with Crippen molar-refractivity contribution in [1.82, 2.24) is 18.8 Å². The van der Waals surface area contributed by atoms with E-state index in [4.69, 9.17) is 10.8 Å². The van der Waals surface area contributed by atoms with Gasteiger partial charge >= 0.3 is 0 Å². The fraction of sp³-hybridized carbons (Fsp3) is 0. The van der Waals surface area contributed by atoms with Crippen molar-refractivity contribution >= 4 is 78.2 Å². The molecule has 0 fully saturated rings. The second-order valence-corrected chi connectivity index (χ2v) is 13.5. The molecule has 12 heteroatoms. The normalized spacial score (nSPS) is 12.0. The first kappa shape index (κ1) is 28.3. The predicted molar refractivity (Wildman–Crippen MR) is 185 cm³/mol. The molecular weight excluding hydrogens is 645 g/mol. The van der Waals surface area contributed by atoms with Gasteiger partial charge in [0.25, 0.3) is 11.1 Å². The van der Waals surface area contributed by atoms with Crippen LogP contribution in [-0.2, 0) is 0 Å². The number of hydrogen-bond donors (Lipinski definition) is 2. The second kappa shape index (κ2) is 10.3. The largest absolute Gasteiger partial charge is 0.287 e. The third-order valence-electron chi connectivity index (χ3n) is 8.43. The monoisotopic (exact) mass is 662 g/mol. The Kier molecular flexibility index (Phi) is 6.04. The topological polar surface area (TPSA) is 151 Å². The molecule has 48 heavy (non-hydrogen) atoms. The number of hydrogen-bond acceptors (Lipinski definition) is 10. The average Bonchev–Trinajstić information content (AvgIpc) is 3.54. The van der Waals surface area contributed by atoms with E-state index in [0.29, 0.717) is 21.5 Å². The van der Waals surface area contributed by atoms with Crippen LogP contribution in [0.25, 0.3) is 54.6 Å². The van der Waals surface area contributed by atoms with Crippen LogP contribution >= 0.6 is 23.5 Å². The van der Waals surface area contributed by atoms with Crippen LogP contribution in [0.4, 0.5) is 0 Å². The Balaban J connectivity index is 1.33. The van der Waals surface area contributed by atoms with Gasteiger partial charge in [-0.25, -0.2) is 18.8 Å². The standard InChI is InChI=1S/C36H18N6O4S2/c37-31-21-13-11-19(47-17-7-3-1-4-8-17)15-23(21)33-39-27-25(35(45)41(31)33)30(44)28-26(29(27)43)36(46)42-32(38)22-14-12-20(16-24(22)34(42)40-28)48-18-9-5-2-6-10-18/h1-16,37-38H. The number of aromatic nitrogens is 4. The second-order valence-electron chi connectivity index (χ2n) is 11.2. The molecule has 0 aliphatic carbocycles. The first-order valence-electron chi connectivity index (χ1n) is 14.7. The highest BCUT2D eigenvalue weighted by Crippen LogP contribution is 2.32. The lowest BCUT2D eigenvalue weighted by atomic mass is 10.1. The lowest BCUT2D eigenvalue weighted by molar-refractivity contribution is 0.990. The van der Waals surface area contributed by atoms with Crippen LogP contribution in [0.3, 0.4) is 0 Å². The molecule has 9 rings (SSSR count). The lowest BCUT2D eigenvalue weighted by Gasteiger charge is -2.03. The van der Waals surface area contributed by atoms with Crippen molar-refractivity contribution < 1.29 is 0 Å². The van der Waals surface area contributed by atoms with E-state index in [1.54, 1.807) is 24.3 Å². The van der Waals surface area contributed by atoms with Crippen molar-refractivity contribution in [3.63, 3.8) is 0 Å². The van der Waals surface area contributed by atoms with Gasteiger partial charge in [-0.15, -0.1) is 0 Å². The molecule has 228 valence electrons. The maximum atomic E-state index is 14.0. The quantitative estimate of drug-likeness (QED) is 0.260. The van der Waals surface area contributed by atoms with Crippen molar-refractivity contribution in [2.75, 3.05) is 0 Å². The highest BCUT2D eigenvalue weighted by atomic mass is 32.2. The molecule has 4 heterocycles. The number of fused-ring (bicyclic) bond motifs is 8. The zero-order valence-corrected chi connectivity index (χ0v) is 26.1. The zero-order chi connectivity index (χ0) is 32.8. The Hall–Kier alpha value is -5.98. The summed E-state index contributed by atoms with van der Waals surface area (Å²) in [5, 5.41) is 18.3. The Morgan fingerprint density at radius 3 is 1.27 bits per heavy atom. The van der Waals surface area contributed by atoms with Gasteiger partial charge in [-0.05, 0) is 60.7 Å². The van der Waals surface area contributed by atoms with Crippen LogP contribution in [0.5, 0.6) is 0 Å². The summed E-state index contributed by atoms with van der Waals surface area (Å²) in [6, 6.07) is 30.0. The van der Waals surface area contributed by atoms with Crippen LogP contribution in [0, 0.1) is 10.8 Å². The molecule has 2 N–H and O–H groups in total. The number of benzene rings is 5. The van der Waals surface area contributed by atoms with Crippen molar-refractivity contribution in [1.29, 1.82) is 10.8 Å². The van der Waals surface area contributed by atoms with Gasteiger partial charge in [0.05, 0.1) is 0 Å². The molecule has 0 radical (unpaired) electrons. The average molecular weight is 663 g/mol. The summed E-state index contributed by atoms with van der Waals surface area (Å²) < 4.78 is 2.05. The van der Waals surface area contributed by atoms with E-state index >= 15 is 0 Å². The molecule has 10 nitrogen and oxygen atoms in total. The van der Waals surface area contributed by atoms with E-state index in [0.717, 1.165) is 28.4 Å². The summed E-state index contributed by atoms with van der Waals surface area (Å²) in [5.41, 5.74) is -4.80. The highest BCUT2D eigenvalue weighted by molar-refractivity contribution is 7.99. The van der Waals surface area contributed by atoms with E-state index in [2.05, 4.69) is 9.97 Å². The van der Waals surface area contributed by atoms with Crippen LogP contribution in [0.15, 0.2) is 136 Å². The molecule has 9 aromatic rings. The van der Waals surface area contributed by atoms with Crippen molar-refractivity contribution in [2.24, 2.45) is 0 Å². The Morgan fingerprint density at radius 1 is 0.479 bits per heavy atom. The van der Waals surface area contributed by atoms with Gasteiger partial charge in [-0.3, -0.25) is 30.0 Å². The molecule has 5 aromatic carbocycles. The van der Waals surface area contributed by atoms with E-state index < -0.39 is 43.8 Å². The smallest absolute Gasteiger partial charge is 0.271 e. The molecule has 0 saturated heterocycles. The van der Waals surface area contributed by atoms with Gasteiger partial charge in [0.1, 0.15) is 44.1 Å². The Bertz CT molecular complexity index is 2980. The van der Waals surface area contributed by atoms with E-state index in [9.17, 15) is 19.2 Å². The van der Waals surface area contributed by atoms with Gasteiger partial charge in [-0.1, -0.05) is 59.9 Å². The van der Waals surface area contributed by atoms with Gasteiger partial charge in [0, 0.05) is 41.1 Å². The van der Waals surface area contributed by atoms with E-state index in [1.807, 2.05) is 72.8 Å². The van der Waals surface area contributed by atoms with Crippen molar-refractivity contribution in [3.8, 4) is 0 Å². The molecule has 0 amide bonds. The van der Waals surface area contributed by atoms with Gasteiger partial charge < -0.3 is 0 Å². The molecule has 4 aromatic heterocycles. The minimum absolute atomic E-state index is 0.0386. The molecule has 0 aliphatic rings. The highest BCUT2D eigenvalue weighted by Gasteiger charge is 2.25. The first-order chi connectivity index (χ1) is 23.3. The molecular formula is C36H18N6O4S2. The summed E-state index contributed by atoms with van der Waals surface area (Å²) in [6.07, 6.45) is 0. The van der Waals surface area contributed by atoms with Crippen molar-refractivity contribution in [3.05, 3.63) is 149 Å². The third kappa shape index (κ3) is 3.96. The summed E-state index contributed by atoms with van der Waals surface area (Å²) >= 11 is 2.97. The lowest BCUT2D eigenvalue weighted by Crippen LogP contribution is -2.34. The molecule has 0 unspecified atom stereocenters. The molecule has 0 bridgehead atoms. The minimum Gasteiger partial charge on any atom is -0.287 e. The number of rotatable bonds is 4. The summed E-state index contributed by atoms with van der Waals surface area (Å²) in [5.74, 6) is 0. The zero-order valence-electron chi connectivity index (χ0n) is 24.5. The minimum atomic E-state index is -0.924. The van der Waals surface area contributed by atoms with Gasteiger partial charge in [-0.2, -0.15) is 0 Å². The summed E-state index contributed by atoms with van der Waals surface area (Å²) in [6.45, 7) is 0. The molecule has 0 saturated carbocycles. The third-order valence-corrected chi connectivity index (χ3v) is 10.4. The SMILES string of the molecule is N=c1c2ccc(Sc3ccccc3)cc2c2nc3c(=O)c4c(=O)n5c(=N)c6ccc(Sc7ccccc7)cc6c5nc4c(=O)c3c(=O)n12. The Labute approximate surface area is 275 Å². The van der Waals surface area contributed by atoms with Crippen LogP contribution in [-0.4, -0.2) is 18.8 Å². The van der Waals surface area contributed by atoms with Crippen LogP contribution in [0.1, 0.15) is 0 Å². The Morgan fingerprint density at radius 2 is 0.875 bits per heavy atom. The number of nitrogens with zero attached hydrogens (tertiary/aromatic N) is 4. The summed E-state index contributed by atoms with van der Waals surface area (Å²) in [4.78, 5) is 68.5. The first-order valence-corrected chi connectivity index (χ1v) is 16.3. The van der Waals surface area contributed by atoms with Gasteiger partial charge in [0.2, 0.25) is 10.9 Å².